The largest absolute Gasteiger partial charge is 0.411 e. The van der Waals surface area contributed by atoms with Crippen LogP contribution < -0.4 is 5.73 Å². The Kier molecular flexibility index (Phi) is 4.53. The van der Waals surface area contributed by atoms with Gasteiger partial charge in [-0.15, -0.1) is 0 Å². The molecule has 2 aromatic heterocycles. The fraction of sp³-hybridized carbons (Fsp3) is 0.412. The van der Waals surface area contributed by atoms with Crippen LogP contribution in [-0.2, 0) is 17.9 Å². The lowest BCUT2D eigenvalue weighted by molar-refractivity contribution is -0.177. The molecule has 3 rings (SSSR count). The van der Waals surface area contributed by atoms with Crippen LogP contribution in [0.2, 0.25) is 0 Å². The summed E-state index contributed by atoms with van der Waals surface area (Å²) in [4.78, 5) is 8.63. The highest BCUT2D eigenvalue weighted by atomic mass is 19.4. The van der Waals surface area contributed by atoms with Crippen molar-refractivity contribution in [3.05, 3.63) is 30.1 Å². The molecule has 0 radical (unpaired) electrons. The predicted octanol–water partition coefficient (Wildman–Crippen LogP) is 3.02. The van der Waals surface area contributed by atoms with E-state index >= 15 is 0 Å². The molecule has 2 heterocycles. The van der Waals surface area contributed by atoms with Crippen molar-refractivity contribution in [3.8, 4) is 0 Å². The second kappa shape index (κ2) is 6.40. The minimum Gasteiger partial charge on any atom is -0.389 e. The van der Waals surface area contributed by atoms with Gasteiger partial charge in [-0.25, -0.2) is 9.97 Å². The number of rotatable bonds is 5. The first-order valence-electron chi connectivity index (χ1n) is 7.95. The van der Waals surface area contributed by atoms with Crippen molar-refractivity contribution in [1.29, 1.82) is 0 Å². The van der Waals surface area contributed by atoms with Gasteiger partial charge in [0.05, 0.1) is 23.2 Å². The van der Waals surface area contributed by atoms with Crippen molar-refractivity contribution in [2.45, 2.75) is 38.8 Å². The van der Waals surface area contributed by atoms with E-state index in [1.165, 1.54) is 0 Å². The van der Waals surface area contributed by atoms with Gasteiger partial charge in [0.2, 0.25) is 0 Å². The van der Waals surface area contributed by atoms with Crippen LogP contribution in [0.15, 0.2) is 24.3 Å². The number of alkyl halides is 3. The van der Waals surface area contributed by atoms with E-state index in [1.807, 2.05) is 18.2 Å². The standard InChI is InChI=1S/C17H19F3N4O2/c1-16(2,25)8-24-12(7-26-9-17(18,19)20)23-13-14(24)10-5-3-4-6-11(10)22-15(13)21/h3-6,25H,7-9H2,1-2H3,(H2,21,22). The van der Waals surface area contributed by atoms with Crippen LogP contribution in [0.1, 0.15) is 19.7 Å². The molecule has 1 aromatic carbocycles. The summed E-state index contributed by atoms with van der Waals surface area (Å²) in [6, 6.07) is 7.24. The van der Waals surface area contributed by atoms with Crippen molar-refractivity contribution in [1.82, 2.24) is 14.5 Å². The Labute approximate surface area is 147 Å². The third-order valence-electron chi connectivity index (χ3n) is 3.73. The third-order valence-corrected chi connectivity index (χ3v) is 3.73. The summed E-state index contributed by atoms with van der Waals surface area (Å²) in [7, 11) is 0. The van der Waals surface area contributed by atoms with Gasteiger partial charge >= 0.3 is 6.18 Å². The van der Waals surface area contributed by atoms with Gasteiger partial charge in [0.15, 0.2) is 5.82 Å². The number of imidazole rings is 1. The van der Waals surface area contributed by atoms with Gasteiger partial charge < -0.3 is 20.1 Å². The number of pyridine rings is 1. The number of fused-ring (bicyclic) bond motifs is 3. The Morgan fingerprint density at radius 2 is 1.88 bits per heavy atom. The molecule has 0 unspecified atom stereocenters. The zero-order valence-corrected chi connectivity index (χ0v) is 14.3. The van der Waals surface area contributed by atoms with Crippen LogP contribution in [0.25, 0.3) is 21.9 Å². The molecule has 6 nitrogen and oxygen atoms in total. The van der Waals surface area contributed by atoms with E-state index in [9.17, 15) is 18.3 Å². The topological polar surface area (TPSA) is 86.2 Å². The minimum atomic E-state index is -4.43. The molecule has 0 bridgehead atoms. The number of nitrogen functional groups attached to an aromatic ring is 1. The van der Waals surface area contributed by atoms with Crippen LogP contribution in [0, 0.1) is 0 Å². The van der Waals surface area contributed by atoms with Crippen LogP contribution >= 0.6 is 0 Å². The first-order valence-corrected chi connectivity index (χ1v) is 7.95. The van der Waals surface area contributed by atoms with Gasteiger partial charge in [-0.3, -0.25) is 0 Å². The van der Waals surface area contributed by atoms with E-state index in [2.05, 4.69) is 9.97 Å². The van der Waals surface area contributed by atoms with Gasteiger partial charge in [-0.2, -0.15) is 13.2 Å². The fourth-order valence-electron chi connectivity index (χ4n) is 2.83. The molecule has 9 heteroatoms. The Hall–Kier alpha value is -2.39. The summed E-state index contributed by atoms with van der Waals surface area (Å²) < 4.78 is 43.6. The summed E-state index contributed by atoms with van der Waals surface area (Å²) in [5.74, 6) is 0.418. The molecule has 0 saturated heterocycles. The predicted molar refractivity (Wildman–Crippen MR) is 91.5 cm³/mol. The van der Waals surface area contributed by atoms with Crippen LogP contribution in [0.5, 0.6) is 0 Å². The summed E-state index contributed by atoms with van der Waals surface area (Å²) >= 11 is 0. The maximum atomic E-state index is 12.4. The van der Waals surface area contributed by atoms with Crippen molar-refractivity contribution < 1.29 is 23.0 Å². The van der Waals surface area contributed by atoms with E-state index in [-0.39, 0.29) is 24.8 Å². The van der Waals surface area contributed by atoms with Crippen molar-refractivity contribution in [2.24, 2.45) is 0 Å². The van der Waals surface area contributed by atoms with E-state index < -0.39 is 18.4 Å². The molecule has 0 amide bonds. The molecule has 0 aliphatic rings. The normalized spacial score (nSPS) is 13.0. The highest BCUT2D eigenvalue weighted by Crippen LogP contribution is 2.30. The summed E-state index contributed by atoms with van der Waals surface area (Å²) in [6.07, 6.45) is -4.43. The van der Waals surface area contributed by atoms with Crippen LogP contribution in [-0.4, -0.2) is 38.0 Å². The number of hydrogen-bond acceptors (Lipinski definition) is 5. The molecule has 0 fully saturated rings. The third kappa shape index (κ3) is 3.88. The molecular formula is C17H19F3N4O2. The van der Waals surface area contributed by atoms with Crippen LogP contribution in [0.3, 0.4) is 0 Å². The maximum Gasteiger partial charge on any atom is 0.411 e. The molecule has 0 spiro atoms. The van der Waals surface area contributed by atoms with E-state index in [0.717, 1.165) is 5.39 Å². The average Bonchev–Trinajstić information content (AvgIpc) is 2.84. The molecule has 3 N–H and O–H groups in total. The molecule has 0 saturated carbocycles. The lowest BCUT2D eigenvalue weighted by atomic mass is 10.1. The number of anilines is 1. The highest BCUT2D eigenvalue weighted by molar-refractivity contribution is 6.06. The van der Waals surface area contributed by atoms with Gasteiger partial charge in [0, 0.05) is 5.39 Å². The smallest absolute Gasteiger partial charge is 0.389 e. The van der Waals surface area contributed by atoms with Crippen molar-refractivity contribution in [3.63, 3.8) is 0 Å². The van der Waals surface area contributed by atoms with E-state index in [4.69, 9.17) is 10.5 Å². The zero-order chi connectivity index (χ0) is 19.1. The molecule has 0 aliphatic heterocycles. The number of benzene rings is 1. The monoisotopic (exact) mass is 368 g/mol. The Bertz CT molecular complexity index is 945. The molecule has 0 aliphatic carbocycles. The number of aromatic nitrogens is 3. The average molecular weight is 368 g/mol. The zero-order valence-electron chi connectivity index (χ0n) is 14.3. The number of hydrogen-bond donors (Lipinski definition) is 2. The first kappa shape index (κ1) is 18.4. The fourth-order valence-corrected chi connectivity index (χ4v) is 2.83. The number of aliphatic hydroxyl groups is 1. The number of ether oxygens (including phenoxy) is 1. The maximum absolute atomic E-state index is 12.4. The number of halogens is 3. The summed E-state index contributed by atoms with van der Waals surface area (Å²) in [6.45, 7) is 1.57. The lowest BCUT2D eigenvalue weighted by Gasteiger charge is -2.20. The Morgan fingerprint density at radius 3 is 2.54 bits per heavy atom. The van der Waals surface area contributed by atoms with Crippen molar-refractivity contribution >= 4 is 27.8 Å². The molecular weight excluding hydrogens is 349 g/mol. The second-order valence-electron chi connectivity index (χ2n) is 6.75. The molecule has 26 heavy (non-hydrogen) atoms. The number of para-hydroxylation sites is 1. The first-order chi connectivity index (χ1) is 12.1. The van der Waals surface area contributed by atoms with Crippen LogP contribution in [0.4, 0.5) is 19.0 Å². The Morgan fingerprint density at radius 1 is 1.19 bits per heavy atom. The minimum absolute atomic E-state index is 0.113. The SMILES string of the molecule is CC(C)(O)Cn1c(COCC(F)(F)F)nc2c(N)nc3ccccc3c21. The summed E-state index contributed by atoms with van der Waals surface area (Å²) in [5.41, 5.74) is 6.50. The quantitative estimate of drug-likeness (QED) is 0.723. The molecule has 0 atom stereocenters. The van der Waals surface area contributed by atoms with E-state index in [1.54, 1.807) is 24.5 Å². The molecule has 140 valence electrons. The number of nitrogens with two attached hydrogens (primary N) is 1. The van der Waals surface area contributed by atoms with Gasteiger partial charge in [-0.05, 0) is 19.9 Å². The lowest BCUT2D eigenvalue weighted by Crippen LogP contribution is -2.27. The van der Waals surface area contributed by atoms with Gasteiger partial charge in [0.25, 0.3) is 0 Å². The highest BCUT2D eigenvalue weighted by Gasteiger charge is 2.28. The van der Waals surface area contributed by atoms with Crippen molar-refractivity contribution in [2.75, 3.05) is 12.3 Å². The van der Waals surface area contributed by atoms with E-state index in [0.29, 0.717) is 16.6 Å². The van der Waals surface area contributed by atoms with Gasteiger partial charge in [0.1, 0.15) is 24.6 Å². The Balaban J connectivity index is 2.15. The van der Waals surface area contributed by atoms with Gasteiger partial charge in [-0.1, -0.05) is 18.2 Å². The second-order valence-corrected chi connectivity index (χ2v) is 6.75. The number of nitrogens with zero attached hydrogens (tertiary/aromatic N) is 3. The molecule has 3 aromatic rings. The summed E-state index contributed by atoms with van der Waals surface area (Å²) in [5, 5.41) is 11.0.